The highest BCUT2D eigenvalue weighted by Gasteiger charge is 2.18. The Hall–Kier alpha value is -1.34. The van der Waals surface area contributed by atoms with Gasteiger partial charge in [0.1, 0.15) is 5.75 Å². The third-order valence-electron chi connectivity index (χ3n) is 3.93. The highest BCUT2D eigenvalue weighted by Crippen LogP contribution is 2.31. The maximum Gasteiger partial charge on any atom is 0.283 e. The zero-order valence-corrected chi connectivity index (χ0v) is 16.2. The maximum absolute atomic E-state index is 12.7. The molecule has 1 aliphatic heterocycles. The minimum absolute atomic E-state index is 0.169. The van der Waals surface area contributed by atoms with Gasteiger partial charge in [-0.25, -0.2) is 0 Å². The first-order chi connectivity index (χ1) is 12.0. The van der Waals surface area contributed by atoms with Crippen molar-refractivity contribution in [1.82, 2.24) is 4.57 Å². The van der Waals surface area contributed by atoms with Crippen LogP contribution in [0, 0.1) is 6.92 Å². The molecule has 2 aromatic rings. The lowest BCUT2D eigenvalue weighted by atomic mass is 10.2. The van der Waals surface area contributed by atoms with Crippen LogP contribution < -0.4 is 9.54 Å². The summed E-state index contributed by atoms with van der Waals surface area (Å²) in [4.78, 5) is 18.7. The standard InChI is InChI=1S/C17H18Cl2N2O3S/c1-10-8-21(9-11-4-3-5-24-11)17(25-10)20-16(22)12-6-13(18)14(19)7-15(12)23-2/h6-8,11H,3-5,9H2,1-2H3/b20-17-/t11-/m1/s1. The van der Waals surface area contributed by atoms with E-state index in [1.165, 1.54) is 30.6 Å². The van der Waals surface area contributed by atoms with Crippen molar-refractivity contribution in [2.45, 2.75) is 32.4 Å². The van der Waals surface area contributed by atoms with Gasteiger partial charge in [-0.05, 0) is 25.8 Å². The molecule has 0 spiro atoms. The molecule has 0 radical (unpaired) electrons. The van der Waals surface area contributed by atoms with Gasteiger partial charge in [0.15, 0.2) is 4.80 Å². The van der Waals surface area contributed by atoms with Crippen LogP contribution >= 0.6 is 34.5 Å². The average Bonchev–Trinajstić information content (AvgIpc) is 3.20. The second-order valence-corrected chi connectivity index (χ2v) is 7.82. The minimum atomic E-state index is -0.418. The largest absolute Gasteiger partial charge is 0.496 e. The molecule has 0 N–H and O–H groups in total. The number of halogens is 2. The van der Waals surface area contributed by atoms with E-state index >= 15 is 0 Å². The number of hydrogen-bond donors (Lipinski definition) is 0. The van der Waals surface area contributed by atoms with Gasteiger partial charge in [-0.3, -0.25) is 4.79 Å². The Morgan fingerprint density at radius 3 is 2.88 bits per heavy atom. The SMILES string of the molecule is COc1cc(Cl)c(Cl)cc1C(=O)/N=c1\sc(C)cn1C[C@H]1CCCO1. The van der Waals surface area contributed by atoms with E-state index in [-0.39, 0.29) is 16.7 Å². The average molecular weight is 401 g/mol. The van der Waals surface area contributed by atoms with Crippen LogP contribution in [0.4, 0.5) is 0 Å². The Labute approximate surface area is 159 Å². The van der Waals surface area contributed by atoms with Crippen molar-refractivity contribution in [3.05, 3.63) is 43.6 Å². The molecule has 0 unspecified atom stereocenters. The summed E-state index contributed by atoms with van der Waals surface area (Å²) < 4.78 is 12.9. The molecule has 3 rings (SSSR count). The van der Waals surface area contributed by atoms with Crippen LogP contribution in [0.2, 0.25) is 10.0 Å². The van der Waals surface area contributed by atoms with E-state index in [0.717, 1.165) is 24.3 Å². The topological polar surface area (TPSA) is 52.8 Å². The van der Waals surface area contributed by atoms with Crippen molar-refractivity contribution in [3.63, 3.8) is 0 Å². The molecule has 134 valence electrons. The number of carbonyl (C=O) groups is 1. The van der Waals surface area contributed by atoms with Crippen molar-refractivity contribution in [2.24, 2.45) is 4.99 Å². The predicted molar refractivity (Wildman–Crippen MR) is 98.9 cm³/mol. The molecule has 5 nitrogen and oxygen atoms in total. The van der Waals surface area contributed by atoms with E-state index in [9.17, 15) is 4.79 Å². The molecular weight excluding hydrogens is 383 g/mol. The first kappa shape index (κ1) is 18.5. The van der Waals surface area contributed by atoms with E-state index in [4.69, 9.17) is 32.7 Å². The van der Waals surface area contributed by atoms with Gasteiger partial charge in [0, 0.05) is 23.7 Å². The highest BCUT2D eigenvalue weighted by molar-refractivity contribution is 7.09. The van der Waals surface area contributed by atoms with Crippen LogP contribution in [-0.4, -0.2) is 30.3 Å². The van der Waals surface area contributed by atoms with Crippen molar-refractivity contribution in [2.75, 3.05) is 13.7 Å². The van der Waals surface area contributed by atoms with Crippen molar-refractivity contribution >= 4 is 40.4 Å². The van der Waals surface area contributed by atoms with E-state index in [0.29, 0.717) is 22.1 Å². The Kier molecular flexibility index (Phi) is 5.84. The summed E-state index contributed by atoms with van der Waals surface area (Å²) in [6.45, 7) is 3.47. The van der Waals surface area contributed by atoms with Crippen molar-refractivity contribution < 1.29 is 14.3 Å². The van der Waals surface area contributed by atoms with E-state index in [1.54, 1.807) is 0 Å². The molecule has 1 aromatic heterocycles. The van der Waals surface area contributed by atoms with Gasteiger partial charge in [0.2, 0.25) is 0 Å². The summed E-state index contributed by atoms with van der Waals surface area (Å²) >= 11 is 13.5. The monoisotopic (exact) mass is 400 g/mol. The van der Waals surface area contributed by atoms with Gasteiger partial charge in [-0.15, -0.1) is 11.3 Å². The second-order valence-electron chi connectivity index (χ2n) is 5.80. The Bertz CT molecular complexity index is 854. The van der Waals surface area contributed by atoms with Gasteiger partial charge in [-0.1, -0.05) is 23.2 Å². The molecule has 1 aliphatic rings. The fourth-order valence-corrected chi connectivity index (χ4v) is 3.90. The lowest BCUT2D eigenvalue weighted by Gasteiger charge is -2.10. The van der Waals surface area contributed by atoms with Crippen molar-refractivity contribution in [1.29, 1.82) is 0 Å². The summed E-state index contributed by atoms with van der Waals surface area (Å²) in [6, 6.07) is 3.01. The third kappa shape index (κ3) is 4.26. The third-order valence-corrected chi connectivity index (χ3v) is 5.59. The number of methoxy groups -OCH3 is 1. The first-order valence-corrected chi connectivity index (χ1v) is 9.45. The second kappa shape index (κ2) is 7.91. The molecule has 1 fully saturated rings. The molecule has 0 bridgehead atoms. The normalized spacial score (nSPS) is 17.9. The molecule has 1 aromatic carbocycles. The molecular formula is C17H18Cl2N2O3S. The Morgan fingerprint density at radius 1 is 1.44 bits per heavy atom. The fraction of sp³-hybridized carbons (Fsp3) is 0.412. The van der Waals surface area contributed by atoms with Gasteiger partial charge in [0.25, 0.3) is 5.91 Å². The summed E-state index contributed by atoms with van der Waals surface area (Å²) in [7, 11) is 1.48. The van der Waals surface area contributed by atoms with Crippen LogP contribution in [-0.2, 0) is 11.3 Å². The van der Waals surface area contributed by atoms with Crippen LogP contribution in [0.15, 0.2) is 23.3 Å². The number of aryl methyl sites for hydroxylation is 1. The maximum atomic E-state index is 12.7. The fourth-order valence-electron chi connectivity index (χ4n) is 2.74. The number of carbonyl (C=O) groups excluding carboxylic acids is 1. The smallest absolute Gasteiger partial charge is 0.283 e. The highest BCUT2D eigenvalue weighted by atomic mass is 35.5. The summed E-state index contributed by atoms with van der Waals surface area (Å²) in [5.41, 5.74) is 0.284. The molecule has 1 atom stereocenters. The van der Waals surface area contributed by atoms with Crippen LogP contribution in [0.3, 0.4) is 0 Å². The summed E-state index contributed by atoms with van der Waals surface area (Å²) in [6.07, 6.45) is 4.25. The number of aromatic nitrogens is 1. The Balaban J connectivity index is 1.95. The van der Waals surface area contributed by atoms with Crippen molar-refractivity contribution in [3.8, 4) is 5.75 Å². The van der Waals surface area contributed by atoms with Gasteiger partial charge >= 0.3 is 0 Å². The first-order valence-electron chi connectivity index (χ1n) is 7.88. The van der Waals surface area contributed by atoms with Crippen LogP contribution in [0.1, 0.15) is 28.1 Å². The number of nitrogens with zero attached hydrogens (tertiary/aromatic N) is 2. The minimum Gasteiger partial charge on any atom is -0.496 e. The number of ether oxygens (including phenoxy) is 2. The van der Waals surface area contributed by atoms with E-state index < -0.39 is 5.91 Å². The number of thiazole rings is 1. The van der Waals surface area contributed by atoms with Gasteiger partial charge in [-0.2, -0.15) is 4.99 Å². The lowest BCUT2D eigenvalue weighted by molar-refractivity contribution is 0.0949. The van der Waals surface area contributed by atoms with Gasteiger partial charge < -0.3 is 14.0 Å². The molecule has 0 saturated carbocycles. The zero-order chi connectivity index (χ0) is 18.0. The number of amides is 1. The van der Waals surface area contributed by atoms with E-state index in [1.807, 2.05) is 17.7 Å². The number of benzene rings is 1. The number of hydrogen-bond acceptors (Lipinski definition) is 4. The van der Waals surface area contributed by atoms with Crippen LogP contribution in [0.5, 0.6) is 5.75 Å². The zero-order valence-electron chi connectivity index (χ0n) is 13.9. The summed E-state index contributed by atoms with van der Waals surface area (Å²) in [5.74, 6) is -0.0690. The molecule has 8 heteroatoms. The molecule has 1 amide bonds. The molecule has 25 heavy (non-hydrogen) atoms. The molecule has 0 aliphatic carbocycles. The van der Waals surface area contributed by atoms with E-state index in [2.05, 4.69) is 4.99 Å². The predicted octanol–water partition coefficient (Wildman–Crippen LogP) is 4.09. The molecule has 1 saturated heterocycles. The van der Waals surface area contributed by atoms with Gasteiger partial charge in [0.05, 0.1) is 35.4 Å². The van der Waals surface area contributed by atoms with Crippen LogP contribution in [0.25, 0.3) is 0 Å². The Morgan fingerprint density at radius 2 is 2.20 bits per heavy atom. The summed E-state index contributed by atoms with van der Waals surface area (Å²) in [5, 5.41) is 0.617. The number of rotatable bonds is 4. The lowest BCUT2D eigenvalue weighted by Crippen LogP contribution is -2.23. The molecule has 2 heterocycles. The quantitative estimate of drug-likeness (QED) is 0.776.